The molecule has 3 N–H and O–H groups in total. The van der Waals surface area contributed by atoms with Crippen LogP contribution in [-0.2, 0) is 6.54 Å². The maximum absolute atomic E-state index is 12.3. The first-order valence-electron chi connectivity index (χ1n) is 6.62. The highest BCUT2D eigenvalue weighted by molar-refractivity contribution is 5.97. The van der Waals surface area contributed by atoms with E-state index in [0.717, 1.165) is 5.56 Å². The molecule has 0 saturated heterocycles. The fraction of sp³-hybridized carbons (Fsp3) is 0.0625. The number of carbonyl (C=O) groups is 1. The number of carboxylic acid groups (broad SMARTS) is 1. The van der Waals surface area contributed by atoms with Gasteiger partial charge in [-0.25, -0.2) is 4.79 Å². The van der Waals surface area contributed by atoms with Crippen LogP contribution >= 0.6 is 0 Å². The van der Waals surface area contributed by atoms with Gasteiger partial charge in [0.15, 0.2) is 0 Å². The van der Waals surface area contributed by atoms with E-state index in [1.807, 2.05) is 12.1 Å². The van der Waals surface area contributed by atoms with Gasteiger partial charge in [0.2, 0.25) is 5.43 Å². The number of pyridine rings is 2. The van der Waals surface area contributed by atoms with Gasteiger partial charge in [-0.2, -0.15) is 0 Å². The van der Waals surface area contributed by atoms with Crippen molar-refractivity contribution >= 4 is 22.6 Å². The molecule has 0 fully saturated rings. The number of nitrogen functional groups attached to an aromatic ring is 1. The fourth-order valence-electron chi connectivity index (χ4n) is 2.43. The zero-order valence-electron chi connectivity index (χ0n) is 11.6. The Kier molecular flexibility index (Phi) is 3.34. The van der Waals surface area contributed by atoms with Crippen LogP contribution in [0.2, 0.25) is 0 Å². The number of fused-ring (bicyclic) bond motifs is 1. The zero-order valence-corrected chi connectivity index (χ0v) is 11.6. The molecule has 0 bridgehead atoms. The summed E-state index contributed by atoms with van der Waals surface area (Å²) in [5.41, 5.74) is 6.84. The van der Waals surface area contributed by atoms with Gasteiger partial charge in [-0.05, 0) is 29.8 Å². The maximum Gasteiger partial charge on any atom is 0.341 e. The van der Waals surface area contributed by atoms with Crippen LogP contribution in [-0.4, -0.2) is 20.6 Å². The van der Waals surface area contributed by atoms with Crippen molar-refractivity contribution in [3.8, 4) is 0 Å². The van der Waals surface area contributed by atoms with Gasteiger partial charge in [-0.3, -0.25) is 9.78 Å². The van der Waals surface area contributed by atoms with E-state index in [1.54, 1.807) is 35.2 Å². The Morgan fingerprint density at radius 1 is 1.23 bits per heavy atom. The Morgan fingerprint density at radius 2 is 1.95 bits per heavy atom. The number of nitrogens with two attached hydrogens (primary N) is 1. The van der Waals surface area contributed by atoms with E-state index in [4.69, 9.17) is 5.73 Å². The van der Waals surface area contributed by atoms with Crippen LogP contribution in [0.3, 0.4) is 0 Å². The summed E-state index contributed by atoms with van der Waals surface area (Å²) >= 11 is 0. The van der Waals surface area contributed by atoms with Gasteiger partial charge in [-0.15, -0.1) is 0 Å². The molecule has 0 aliphatic heterocycles. The fourth-order valence-corrected chi connectivity index (χ4v) is 2.43. The lowest BCUT2D eigenvalue weighted by molar-refractivity contribution is 0.0695. The third-order valence-corrected chi connectivity index (χ3v) is 3.47. The lowest BCUT2D eigenvalue weighted by atomic mass is 10.1. The van der Waals surface area contributed by atoms with Crippen LogP contribution in [0.4, 0.5) is 5.69 Å². The summed E-state index contributed by atoms with van der Waals surface area (Å²) in [6.45, 7) is 0.420. The van der Waals surface area contributed by atoms with Gasteiger partial charge in [0.1, 0.15) is 5.56 Å². The first-order chi connectivity index (χ1) is 10.6. The standard InChI is InChI=1S/C16H13N3O3/c17-12-2-1-3-13-14(12)15(20)11(16(21)22)9-19(13)8-10-4-6-18-7-5-10/h1-7,9H,8,17H2,(H,21,22). The highest BCUT2D eigenvalue weighted by Crippen LogP contribution is 2.19. The van der Waals surface area contributed by atoms with E-state index < -0.39 is 11.4 Å². The molecule has 0 amide bonds. The second-order valence-electron chi connectivity index (χ2n) is 4.90. The second-order valence-corrected chi connectivity index (χ2v) is 4.90. The number of carboxylic acids is 1. The summed E-state index contributed by atoms with van der Waals surface area (Å²) in [4.78, 5) is 27.6. The average molecular weight is 295 g/mol. The molecule has 0 aliphatic carbocycles. The van der Waals surface area contributed by atoms with Crippen molar-refractivity contribution in [3.05, 3.63) is 70.3 Å². The molecule has 0 atom stereocenters. The molecule has 110 valence electrons. The van der Waals surface area contributed by atoms with Crippen LogP contribution in [0.25, 0.3) is 10.9 Å². The van der Waals surface area contributed by atoms with Gasteiger partial charge in [0, 0.05) is 30.8 Å². The summed E-state index contributed by atoms with van der Waals surface area (Å²) in [5, 5.41) is 9.48. The molecule has 22 heavy (non-hydrogen) atoms. The Labute approximate surface area is 125 Å². The van der Waals surface area contributed by atoms with E-state index in [-0.39, 0.29) is 16.6 Å². The zero-order chi connectivity index (χ0) is 15.7. The van der Waals surface area contributed by atoms with Crippen LogP contribution in [0.5, 0.6) is 0 Å². The number of aromatic nitrogens is 2. The summed E-state index contributed by atoms with van der Waals surface area (Å²) < 4.78 is 1.71. The van der Waals surface area contributed by atoms with E-state index >= 15 is 0 Å². The second kappa shape index (κ2) is 5.33. The van der Waals surface area contributed by atoms with Gasteiger partial charge >= 0.3 is 5.97 Å². The average Bonchev–Trinajstić information content (AvgIpc) is 2.50. The van der Waals surface area contributed by atoms with E-state index in [1.165, 1.54) is 6.20 Å². The van der Waals surface area contributed by atoms with Crippen molar-refractivity contribution in [1.82, 2.24) is 9.55 Å². The molecular formula is C16H13N3O3. The molecule has 0 spiro atoms. The lowest BCUT2D eigenvalue weighted by Crippen LogP contribution is -2.20. The molecule has 2 heterocycles. The SMILES string of the molecule is Nc1cccc2c1c(=O)c(C(=O)O)cn2Cc1ccncc1. The third-order valence-electron chi connectivity index (χ3n) is 3.47. The van der Waals surface area contributed by atoms with Crippen molar-refractivity contribution in [2.75, 3.05) is 5.73 Å². The number of hydrogen-bond acceptors (Lipinski definition) is 4. The first-order valence-corrected chi connectivity index (χ1v) is 6.62. The Hall–Kier alpha value is -3.15. The van der Waals surface area contributed by atoms with Gasteiger partial charge in [-0.1, -0.05) is 6.07 Å². The largest absolute Gasteiger partial charge is 0.477 e. The molecule has 0 radical (unpaired) electrons. The van der Waals surface area contributed by atoms with Gasteiger partial charge < -0.3 is 15.4 Å². The third kappa shape index (κ3) is 2.31. The lowest BCUT2D eigenvalue weighted by Gasteiger charge is -2.13. The van der Waals surface area contributed by atoms with Gasteiger partial charge in [0.05, 0.1) is 10.9 Å². The normalized spacial score (nSPS) is 10.7. The highest BCUT2D eigenvalue weighted by Gasteiger charge is 2.16. The predicted octanol–water partition coefficient (Wildman–Crippen LogP) is 1.73. The molecule has 2 aromatic heterocycles. The maximum atomic E-state index is 12.3. The number of nitrogens with zero attached hydrogens (tertiary/aromatic N) is 2. The van der Waals surface area contributed by atoms with Crippen molar-refractivity contribution in [2.24, 2.45) is 0 Å². The minimum atomic E-state index is -1.27. The van der Waals surface area contributed by atoms with E-state index in [2.05, 4.69) is 4.98 Å². The monoisotopic (exact) mass is 295 g/mol. The topological polar surface area (TPSA) is 98.2 Å². The van der Waals surface area contributed by atoms with Crippen LogP contribution in [0, 0.1) is 0 Å². The molecule has 0 unspecified atom stereocenters. The molecule has 3 aromatic rings. The first kappa shape index (κ1) is 13.8. The van der Waals surface area contributed by atoms with Gasteiger partial charge in [0.25, 0.3) is 0 Å². The van der Waals surface area contributed by atoms with Crippen molar-refractivity contribution in [2.45, 2.75) is 6.54 Å². The highest BCUT2D eigenvalue weighted by atomic mass is 16.4. The van der Waals surface area contributed by atoms with Crippen LogP contribution in [0.1, 0.15) is 15.9 Å². The molecular weight excluding hydrogens is 282 g/mol. The molecule has 0 saturated carbocycles. The van der Waals surface area contributed by atoms with E-state index in [9.17, 15) is 14.7 Å². The Balaban J connectivity index is 2.29. The summed E-state index contributed by atoms with van der Waals surface area (Å²) in [7, 11) is 0. The quantitative estimate of drug-likeness (QED) is 0.717. The van der Waals surface area contributed by atoms with Crippen molar-refractivity contribution in [1.29, 1.82) is 0 Å². The minimum Gasteiger partial charge on any atom is -0.477 e. The van der Waals surface area contributed by atoms with Crippen LogP contribution < -0.4 is 11.2 Å². The summed E-state index contributed by atoms with van der Waals surface area (Å²) in [6, 6.07) is 8.74. The number of hydrogen-bond donors (Lipinski definition) is 2. The molecule has 3 rings (SSSR count). The Morgan fingerprint density at radius 3 is 2.64 bits per heavy atom. The number of aromatic carboxylic acids is 1. The molecule has 6 nitrogen and oxygen atoms in total. The minimum absolute atomic E-state index is 0.233. The van der Waals surface area contributed by atoms with Crippen molar-refractivity contribution < 1.29 is 9.90 Å². The smallest absolute Gasteiger partial charge is 0.341 e. The number of rotatable bonds is 3. The van der Waals surface area contributed by atoms with Crippen molar-refractivity contribution in [3.63, 3.8) is 0 Å². The molecule has 0 aliphatic rings. The number of benzene rings is 1. The van der Waals surface area contributed by atoms with Crippen LogP contribution in [0.15, 0.2) is 53.7 Å². The number of anilines is 1. The van der Waals surface area contributed by atoms with E-state index in [0.29, 0.717) is 12.1 Å². The molecule has 1 aromatic carbocycles. The Bertz CT molecular complexity index is 917. The summed E-state index contributed by atoms with van der Waals surface area (Å²) in [5.74, 6) is -1.27. The summed E-state index contributed by atoms with van der Waals surface area (Å²) in [6.07, 6.45) is 4.67. The predicted molar refractivity (Wildman–Crippen MR) is 82.9 cm³/mol. The molecule has 6 heteroatoms.